The lowest BCUT2D eigenvalue weighted by atomic mass is 10.0. The van der Waals surface area contributed by atoms with Crippen molar-refractivity contribution in [2.24, 2.45) is 17.8 Å². The normalized spacial score (nSPS) is 12.8. The van der Waals surface area contributed by atoms with Crippen LogP contribution < -0.4 is 0 Å². The van der Waals surface area contributed by atoms with Crippen LogP contribution in [-0.4, -0.2) is 15.0 Å². The van der Waals surface area contributed by atoms with Crippen molar-refractivity contribution in [3.05, 3.63) is 11.4 Å². The lowest BCUT2D eigenvalue weighted by Gasteiger charge is -2.04. The van der Waals surface area contributed by atoms with Gasteiger partial charge in [-0.25, -0.2) is 0 Å². The van der Waals surface area contributed by atoms with E-state index in [-0.39, 0.29) is 0 Å². The minimum absolute atomic E-state index is 0.347. The van der Waals surface area contributed by atoms with Crippen molar-refractivity contribution in [2.45, 2.75) is 154 Å². The van der Waals surface area contributed by atoms with E-state index in [0.717, 1.165) is 29.1 Å². The zero-order chi connectivity index (χ0) is 25.1. The molecule has 1 aromatic rings. The van der Waals surface area contributed by atoms with Gasteiger partial charge in [-0.1, -0.05) is 122 Å². The molecular formula is C28H61N3. The number of nitrogens with zero attached hydrogens (tertiary/aromatic N) is 3. The molecule has 0 saturated heterocycles. The Balaban J connectivity index is -0.000000378. The van der Waals surface area contributed by atoms with E-state index in [1.807, 2.05) is 4.80 Å². The molecule has 0 aromatic carbocycles. The van der Waals surface area contributed by atoms with Gasteiger partial charge in [0.25, 0.3) is 0 Å². The predicted molar refractivity (Wildman–Crippen MR) is 143 cm³/mol. The Morgan fingerprint density at radius 3 is 0.774 bits per heavy atom. The van der Waals surface area contributed by atoms with Crippen LogP contribution in [0.5, 0.6) is 0 Å². The molecule has 0 spiro atoms. The van der Waals surface area contributed by atoms with Crippen LogP contribution in [0.1, 0.15) is 165 Å². The SMILES string of the molecule is C1CCCC1.CC(C)C.CC(C)C.CC(C)C.CC(C)c1nn(C(C)C)nc1C(C)C. The van der Waals surface area contributed by atoms with Crippen molar-refractivity contribution in [1.82, 2.24) is 15.0 Å². The van der Waals surface area contributed by atoms with Gasteiger partial charge in [0.1, 0.15) is 0 Å². The first-order valence-electron chi connectivity index (χ1n) is 13.1. The molecule has 31 heavy (non-hydrogen) atoms. The minimum atomic E-state index is 0.347. The molecule has 3 heteroatoms. The van der Waals surface area contributed by atoms with E-state index >= 15 is 0 Å². The molecule has 0 unspecified atom stereocenters. The second-order valence-corrected chi connectivity index (χ2v) is 11.7. The van der Waals surface area contributed by atoms with E-state index in [0.29, 0.717) is 17.9 Å². The summed E-state index contributed by atoms with van der Waals surface area (Å²) < 4.78 is 0. The first kappa shape index (κ1) is 34.7. The van der Waals surface area contributed by atoms with Gasteiger partial charge in [-0.15, -0.1) is 0 Å². The molecule has 0 atom stereocenters. The van der Waals surface area contributed by atoms with Crippen molar-refractivity contribution in [3.63, 3.8) is 0 Å². The Kier molecular flexibility index (Phi) is 23.5. The Hall–Kier alpha value is -0.860. The summed E-state index contributed by atoms with van der Waals surface area (Å²) in [5.74, 6) is 3.42. The van der Waals surface area contributed by atoms with Crippen LogP contribution in [-0.2, 0) is 0 Å². The van der Waals surface area contributed by atoms with Gasteiger partial charge >= 0.3 is 0 Å². The summed E-state index contributed by atoms with van der Waals surface area (Å²) in [6.45, 7) is 32.4. The molecule has 0 amide bonds. The fourth-order valence-corrected chi connectivity index (χ4v) is 2.28. The summed E-state index contributed by atoms with van der Waals surface area (Å²) in [6.07, 6.45) is 7.50. The maximum Gasteiger partial charge on any atom is 0.0887 e. The van der Waals surface area contributed by atoms with Crippen molar-refractivity contribution in [3.8, 4) is 0 Å². The highest BCUT2D eigenvalue weighted by Gasteiger charge is 2.17. The summed E-state index contributed by atoms with van der Waals surface area (Å²) in [4.78, 5) is 1.82. The first-order chi connectivity index (χ1) is 14.1. The molecule has 188 valence electrons. The van der Waals surface area contributed by atoms with Crippen LogP contribution in [0.15, 0.2) is 0 Å². The monoisotopic (exact) mass is 439 g/mol. The topological polar surface area (TPSA) is 30.7 Å². The molecule has 0 bridgehead atoms. The smallest absolute Gasteiger partial charge is 0.0887 e. The Morgan fingerprint density at radius 1 is 0.452 bits per heavy atom. The molecule has 1 heterocycles. The van der Waals surface area contributed by atoms with Gasteiger partial charge in [-0.05, 0) is 43.4 Å². The van der Waals surface area contributed by atoms with Crippen LogP contribution >= 0.6 is 0 Å². The molecule has 0 aliphatic heterocycles. The van der Waals surface area contributed by atoms with Gasteiger partial charge in [0, 0.05) is 0 Å². The number of rotatable bonds is 3. The minimum Gasteiger partial charge on any atom is -0.182 e. The Bertz CT molecular complexity index is 423. The highest BCUT2D eigenvalue weighted by molar-refractivity contribution is 5.16. The highest BCUT2D eigenvalue weighted by Crippen LogP contribution is 2.23. The highest BCUT2D eigenvalue weighted by atomic mass is 15.5. The lowest BCUT2D eigenvalue weighted by molar-refractivity contribution is 0.457. The summed E-state index contributed by atoms with van der Waals surface area (Å²) in [5.41, 5.74) is 2.29. The second kappa shape index (κ2) is 21.0. The van der Waals surface area contributed by atoms with E-state index in [2.05, 4.69) is 114 Å². The molecule has 1 aromatic heterocycles. The van der Waals surface area contributed by atoms with Gasteiger partial charge in [-0.2, -0.15) is 15.0 Å². The third-order valence-electron chi connectivity index (χ3n) is 3.49. The zero-order valence-electron chi connectivity index (χ0n) is 24.3. The van der Waals surface area contributed by atoms with Crippen LogP contribution in [0.3, 0.4) is 0 Å². The van der Waals surface area contributed by atoms with Crippen molar-refractivity contribution >= 4 is 0 Å². The third-order valence-corrected chi connectivity index (χ3v) is 3.49. The molecule has 1 fully saturated rings. The summed E-state index contributed by atoms with van der Waals surface area (Å²) in [5, 5.41) is 9.07. The molecule has 1 aliphatic rings. The Morgan fingerprint density at radius 2 is 0.645 bits per heavy atom. The van der Waals surface area contributed by atoms with Gasteiger partial charge in [0.2, 0.25) is 0 Å². The first-order valence-corrected chi connectivity index (χ1v) is 13.1. The van der Waals surface area contributed by atoms with Crippen LogP contribution in [0, 0.1) is 17.8 Å². The van der Waals surface area contributed by atoms with E-state index < -0.39 is 0 Å². The predicted octanol–water partition coefficient (Wildman–Crippen LogP) is 10.0. The Labute approximate surface area is 198 Å². The quantitative estimate of drug-likeness (QED) is 0.469. The molecule has 1 aliphatic carbocycles. The molecule has 1 saturated carbocycles. The maximum atomic E-state index is 4.54. The standard InChI is InChI=1S/C11H21N3.C5H10.3C4H10/c1-7(2)10-11(8(3)4)13-14(12-10)9(5)6;1-2-4-5-3-1;3*1-4(2)3/h7-9H,1-6H3;1-5H2;3*4H,1-3H3. The van der Waals surface area contributed by atoms with Crippen LogP contribution in [0.4, 0.5) is 0 Å². The molecular weight excluding hydrogens is 378 g/mol. The maximum absolute atomic E-state index is 4.54. The number of aromatic nitrogens is 3. The fraction of sp³-hybridized carbons (Fsp3) is 0.929. The zero-order valence-corrected chi connectivity index (χ0v) is 24.3. The van der Waals surface area contributed by atoms with E-state index in [1.54, 1.807) is 0 Å². The summed E-state index contributed by atoms with van der Waals surface area (Å²) >= 11 is 0. The fourth-order valence-electron chi connectivity index (χ4n) is 2.28. The van der Waals surface area contributed by atoms with E-state index in [9.17, 15) is 0 Å². The van der Waals surface area contributed by atoms with E-state index in [4.69, 9.17) is 0 Å². The molecule has 0 radical (unpaired) electrons. The van der Waals surface area contributed by atoms with Gasteiger partial charge in [0.05, 0.1) is 17.4 Å². The molecule has 0 N–H and O–H groups in total. The van der Waals surface area contributed by atoms with Crippen molar-refractivity contribution in [2.75, 3.05) is 0 Å². The van der Waals surface area contributed by atoms with Crippen LogP contribution in [0.25, 0.3) is 0 Å². The summed E-state index contributed by atoms with van der Waals surface area (Å²) in [6, 6.07) is 0.347. The van der Waals surface area contributed by atoms with E-state index in [1.165, 1.54) is 32.1 Å². The summed E-state index contributed by atoms with van der Waals surface area (Å²) in [7, 11) is 0. The van der Waals surface area contributed by atoms with Gasteiger partial charge in [0.15, 0.2) is 0 Å². The molecule has 2 rings (SSSR count). The van der Waals surface area contributed by atoms with Gasteiger partial charge in [-0.3, -0.25) is 0 Å². The van der Waals surface area contributed by atoms with Crippen LogP contribution in [0.2, 0.25) is 0 Å². The third kappa shape index (κ3) is 27.1. The lowest BCUT2D eigenvalue weighted by Crippen LogP contribution is -2.05. The molecule has 3 nitrogen and oxygen atoms in total. The largest absolute Gasteiger partial charge is 0.182 e. The number of hydrogen-bond acceptors (Lipinski definition) is 2. The average molecular weight is 440 g/mol. The second-order valence-electron chi connectivity index (χ2n) is 11.7. The van der Waals surface area contributed by atoms with Gasteiger partial charge < -0.3 is 0 Å². The number of hydrogen-bond donors (Lipinski definition) is 0. The average Bonchev–Trinajstić information content (AvgIpc) is 3.26. The van der Waals surface area contributed by atoms with Crippen molar-refractivity contribution in [1.29, 1.82) is 0 Å². The van der Waals surface area contributed by atoms with Crippen molar-refractivity contribution < 1.29 is 0 Å².